The number of benzene rings is 2. The van der Waals surface area contributed by atoms with Gasteiger partial charge in [-0.2, -0.15) is 9.50 Å². The third-order valence-corrected chi connectivity index (χ3v) is 5.71. The lowest BCUT2D eigenvalue weighted by Gasteiger charge is -2.21. The van der Waals surface area contributed by atoms with E-state index in [2.05, 4.69) is 20.4 Å². The van der Waals surface area contributed by atoms with Crippen LogP contribution in [0.15, 0.2) is 65.5 Å². The molecule has 0 aliphatic carbocycles. The van der Waals surface area contributed by atoms with Crippen molar-refractivity contribution >= 4 is 29.3 Å². The number of carbonyl (C=O) groups excluding carboxylic acids is 3. The summed E-state index contributed by atoms with van der Waals surface area (Å²) in [6.07, 6.45) is 1.24. The monoisotopic (exact) mass is 456 g/mol. The topological polar surface area (TPSA) is 130 Å². The van der Waals surface area contributed by atoms with Crippen molar-refractivity contribution < 1.29 is 14.4 Å². The van der Waals surface area contributed by atoms with Crippen LogP contribution in [0.2, 0.25) is 0 Å². The van der Waals surface area contributed by atoms with Crippen molar-refractivity contribution in [2.45, 2.75) is 25.8 Å². The van der Waals surface area contributed by atoms with Gasteiger partial charge in [-0.3, -0.25) is 29.1 Å². The molecule has 0 fully saturated rings. The summed E-state index contributed by atoms with van der Waals surface area (Å²) in [5.41, 5.74) is 1.16. The average molecular weight is 456 g/mol. The molecule has 0 saturated carbocycles. The van der Waals surface area contributed by atoms with Crippen molar-refractivity contribution in [3.05, 3.63) is 93.5 Å². The molecule has 34 heavy (non-hydrogen) atoms. The zero-order chi connectivity index (χ0) is 23.8. The van der Waals surface area contributed by atoms with E-state index in [0.29, 0.717) is 18.7 Å². The molecular formula is C24H20N6O4. The molecule has 10 heteroatoms. The lowest BCUT2D eigenvalue weighted by molar-refractivity contribution is -0.119. The standard InChI is InChI=1S/C24H20N6O4/c1-14(29-22(33)16-9-5-6-10-17(16)23(29)34)21(32)26-19-13-20(31)27-24-25-18(28-30(19)24)12-11-15-7-3-2-4-8-15/h2-10,13-14H,11-12H2,1H3,(H,26,32)(H,25,27,28,31)/t14-/m0/s1. The van der Waals surface area contributed by atoms with Crippen molar-refractivity contribution in [2.24, 2.45) is 0 Å². The Hall–Kier alpha value is -4.60. The van der Waals surface area contributed by atoms with Crippen molar-refractivity contribution in [1.82, 2.24) is 24.5 Å². The molecular weight excluding hydrogens is 436 g/mol. The third-order valence-electron chi connectivity index (χ3n) is 5.71. The largest absolute Gasteiger partial charge is 0.309 e. The number of H-pyrrole nitrogens is 1. The Labute approximate surface area is 193 Å². The fraction of sp³-hybridized carbons (Fsp3) is 0.167. The molecule has 0 unspecified atom stereocenters. The molecule has 10 nitrogen and oxygen atoms in total. The summed E-state index contributed by atoms with van der Waals surface area (Å²) in [5.74, 6) is -0.950. The molecule has 170 valence electrons. The van der Waals surface area contributed by atoms with Crippen molar-refractivity contribution in [3.63, 3.8) is 0 Å². The smallest absolute Gasteiger partial charge is 0.262 e. The molecule has 0 saturated heterocycles. The molecule has 3 heterocycles. The summed E-state index contributed by atoms with van der Waals surface area (Å²) >= 11 is 0. The second kappa shape index (κ2) is 8.39. The number of aromatic nitrogens is 4. The molecule has 2 aromatic carbocycles. The molecule has 3 amide bonds. The van der Waals surface area contributed by atoms with Gasteiger partial charge in [0.25, 0.3) is 17.4 Å². The first-order valence-electron chi connectivity index (χ1n) is 10.7. The van der Waals surface area contributed by atoms with E-state index in [1.54, 1.807) is 24.3 Å². The first-order chi connectivity index (χ1) is 16.4. The number of rotatable bonds is 6. The minimum atomic E-state index is -1.11. The van der Waals surface area contributed by atoms with Gasteiger partial charge in [0, 0.05) is 12.5 Å². The van der Waals surface area contributed by atoms with Crippen LogP contribution in [0, 0.1) is 0 Å². The van der Waals surface area contributed by atoms with Crippen LogP contribution in [0.25, 0.3) is 5.78 Å². The lowest BCUT2D eigenvalue weighted by Crippen LogP contribution is -2.45. The van der Waals surface area contributed by atoms with Gasteiger partial charge in [0.05, 0.1) is 11.1 Å². The Morgan fingerprint density at radius 2 is 1.62 bits per heavy atom. The first-order valence-corrected chi connectivity index (χ1v) is 10.7. The van der Waals surface area contributed by atoms with E-state index in [4.69, 9.17) is 0 Å². The number of imide groups is 1. The quantitative estimate of drug-likeness (QED) is 0.426. The highest BCUT2D eigenvalue weighted by atomic mass is 16.2. The first kappa shape index (κ1) is 21.3. The molecule has 4 aromatic rings. The summed E-state index contributed by atoms with van der Waals surface area (Å²) in [6.45, 7) is 1.45. The van der Waals surface area contributed by atoms with E-state index < -0.39 is 29.3 Å². The Kier molecular flexibility index (Phi) is 5.25. The molecule has 2 aromatic heterocycles. The van der Waals surface area contributed by atoms with Crippen molar-refractivity contribution in [3.8, 4) is 0 Å². The number of hydrogen-bond donors (Lipinski definition) is 2. The molecule has 2 N–H and O–H groups in total. The Morgan fingerprint density at radius 3 is 2.29 bits per heavy atom. The van der Waals surface area contributed by atoms with Gasteiger partial charge >= 0.3 is 0 Å². The minimum Gasteiger partial charge on any atom is -0.309 e. The predicted octanol–water partition coefficient (Wildman–Crippen LogP) is 1.83. The number of nitrogens with one attached hydrogen (secondary N) is 2. The van der Waals surface area contributed by atoms with Gasteiger partial charge in [-0.15, -0.1) is 5.10 Å². The summed E-state index contributed by atoms with van der Waals surface area (Å²) < 4.78 is 1.33. The van der Waals surface area contributed by atoms with Crippen LogP contribution in [0.3, 0.4) is 0 Å². The van der Waals surface area contributed by atoms with Crippen LogP contribution >= 0.6 is 0 Å². The molecule has 0 radical (unpaired) electrons. The number of carbonyl (C=O) groups is 3. The maximum absolute atomic E-state index is 13.0. The second-order valence-electron chi connectivity index (χ2n) is 7.96. The van der Waals surface area contributed by atoms with Crippen LogP contribution in [0.1, 0.15) is 39.0 Å². The average Bonchev–Trinajstić information content (AvgIpc) is 3.36. The molecule has 1 aliphatic heterocycles. The highest BCUT2D eigenvalue weighted by molar-refractivity contribution is 6.23. The fourth-order valence-corrected chi connectivity index (χ4v) is 3.94. The van der Waals surface area contributed by atoms with Gasteiger partial charge in [0.1, 0.15) is 11.9 Å². The fourth-order valence-electron chi connectivity index (χ4n) is 3.94. The molecule has 1 aliphatic rings. The zero-order valence-corrected chi connectivity index (χ0v) is 18.2. The Morgan fingerprint density at radius 1 is 0.971 bits per heavy atom. The van der Waals surface area contributed by atoms with E-state index in [1.165, 1.54) is 17.5 Å². The molecule has 1 atom stereocenters. The number of aromatic amines is 1. The van der Waals surface area contributed by atoms with Crippen LogP contribution < -0.4 is 10.9 Å². The van der Waals surface area contributed by atoms with Gasteiger partial charge < -0.3 is 5.32 Å². The van der Waals surface area contributed by atoms with Crippen LogP contribution in [-0.2, 0) is 17.6 Å². The number of hydrogen-bond acceptors (Lipinski definition) is 6. The van der Waals surface area contributed by atoms with Crippen LogP contribution in [0.4, 0.5) is 5.82 Å². The number of nitrogens with zero attached hydrogens (tertiary/aromatic N) is 4. The summed E-state index contributed by atoms with van der Waals surface area (Å²) in [6, 6.07) is 16.3. The van der Waals surface area contributed by atoms with Gasteiger partial charge in [0.15, 0.2) is 5.82 Å². The van der Waals surface area contributed by atoms with Gasteiger partial charge in [-0.1, -0.05) is 42.5 Å². The molecule has 0 bridgehead atoms. The molecule has 5 rings (SSSR count). The number of anilines is 1. The normalized spacial score (nSPS) is 13.9. The highest BCUT2D eigenvalue weighted by Gasteiger charge is 2.40. The number of amides is 3. The summed E-state index contributed by atoms with van der Waals surface area (Å²) in [4.78, 5) is 58.4. The minimum absolute atomic E-state index is 0.0886. The highest BCUT2D eigenvalue weighted by Crippen LogP contribution is 2.25. The maximum Gasteiger partial charge on any atom is 0.262 e. The van der Waals surface area contributed by atoms with Crippen LogP contribution in [-0.4, -0.2) is 48.2 Å². The third kappa shape index (κ3) is 3.75. The number of aryl methyl sites for hydroxylation is 2. The van der Waals surface area contributed by atoms with E-state index in [1.807, 2.05) is 30.3 Å². The van der Waals surface area contributed by atoms with Crippen molar-refractivity contribution in [1.29, 1.82) is 0 Å². The van der Waals surface area contributed by atoms with Crippen molar-refractivity contribution in [2.75, 3.05) is 5.32 Å². The maximum atomic E-state index is 13.0. The van der Waals surface area contributed by atoms with Gasteiger partial charge in [-0.05, 0) is 31.0 Å². The predicted molar refractivity (Wildman–Crippen MR) is 122 cm³/mol. The summed E-state index contributed by atoms with van der Waals surface area (Å²) in [5, 5.41) is 7.03. The SMILES string of the molecule is C[C@@H](C(=O)Nc1cc(=O)[nH]c2nc(CCc3ccccc3)nn12)N1C(=O)c2ccccc2C1=O. The molecule has 0 spiro atoms. The van der Waals surface area contributed by atoms with E-state index in [-0.39, 0.29) is 22.7 Å². The van der Waals surface area contributed by atoms with Crippen LogP contribution in [0.5, 0.6) is 0 Å². The zero-order valence-electron chi connectivity index (χ0n) is 18.2. The second-order valence-corrected chi connectivity index (χ2v) is 7.96. The van der Waals surface area contributed by atoms with E-state index >= 15 is 0 Å². The Bertz CT molecular complexity index is 1460. The number of fused-ring (bicyclic) bond motifs is 2. The van der Waals surface area contributed by atoms with E-state index in [0.717, 1.165) is 10.5 Å². The van der Waals surface area contributed by atoms with E-state index in [9.17, 15) is 19.2 Å². The lowest BCUT2D eigenvalue weighted by atomic mass is 10.1. The Balaban J connectivity index is 1.37. The summed E-state index contributed by atoms with van der Waals surface area (Å²) in [7, 11) is 0. The van der Waals surface area contributed by atoms with Gasteiger partial charge in [0.2, 0.25) is 11.7 Å². The van der Waals surface area contributed by atoms with Gasteiger partial charge in [-0.25, -0.2) is 0 Å².